The van der Waals surface area contributed by atoms with Crippen LogP contribution in [0.4, 0.5) is 0 Å². The number of carbonyl (C=O) groups excluding carboxylic acids is 4. The molecule has 3 unspecified atom stereocenters. The molecule has 655 valence electrons. The number of aliphatic hydroxyl groups excluding tert-OH is 3. The van der Waals surface area contributed by atoms with Gasteiger partial charge in [-0.1, -0.05) is 303 Å². The number of rotatable bonds is 21. The number of hydrogen-bond donors (Lipinski definition) is 4. The summed E-state index contributed by atoms with van der Waals surface area (Å²) in [4.78, 5) is 92.2. The maximum absolute atomic E-state index is 12.7. The molecule has 18 aromatic rings. The maximum atomic E-state index is 12.7. The number of aliphatic carboxylic acids is 1. The summed E-state index contributed by atoms with van der Waals surface area (Å²) < 4.78 is 8.45. The summed E-state index contributed by atoms with van der Waals surface area (Å²) in [5.41, 5.74) is 18.8. The number of fused-ring (bicyclic) bond motifs is 6. The molecular weight excluding hydrogens is 1670 g/mol. The van der Waals surface area contributed by atoms with E-state index in [1.54, 1.807) is 50.2 Å². The van der Waals surface area contributed by atoms with Crippen LogP contribution in [-0.2, 0) is 15.9 Å². The number of aldehydes is 1. The molecule has 23 heteroatoms. The summed E-state index contributed by atoms with van der Waals surface area (Å²) in [6.45, 7) is 2.65. The molecule has 0 saturated heterocycles. The van der Waals surface area contributed by atoms with Gasteiger partial charge >= 0.3 is 29.6 Å². The Balaban J connectivity index is 0.000000178. The number of pyridine rings is 4. The van der Waals surface area contributed by atoms with Crippen molar-refractivity contribution in [1.82, 2.24) is 58.1 Å². The van der Waals surface area contributed by atoms with Gasteiger partial charge in [0.2, 0.25) is 0 Å². The number of carboxylic acid groups (broad SMARTS) is 1. The minimum atomic E-state index is -0.833. The second-order valence-electron chi connectivity index (χ2n) is 29.9. The van der Waals surface area contributed by atoms with Crippen molar-refractivity contribution in [2.45, 2.75) is 56.0 Å². The van der Waals surface area contributed by atoms with Gasteiger partial charge in [0.05, 0.1) is 95.7 Å². The number of carbonyl (C=O) groups is 5. The SMILES string of the molecule is CC(=O)O.CC(=O)c1ccccc1.CO.CO.O=C(/C=C/c1ncccc1-c1cn(C(c2ccccc2)(c2ccccc2)c2ccccc2)cn1)c1ccccc1.O=C(CC1c2ncccc2-c2cncn21)c1ccccc1.O=Cc1ncccc1-c1cn(C(c2ccccc2)(c2ccccc2)c2ccccc2)cn1.OC(CC1c2ncccc2-c2cncn21)c1ccccc1.[B].[H-].[Na+]. The van der Waals surface area contributed by atoms with Crippen LogP contribution in [0.25, 0.3) is 51.1 Å². The van der Waals surface area contributed by atoms with E-state index in [4.69, 9.17) is 30.1 Å². The first-order valence-corrected chi connectivity index (χ1v) is 42.3. The van der Waals surface area contributed by atoms with E-state index in [1.807, 2.05) is 242 Å². The van der Waals surface area contributed by atoms with Crippen LogP contribution in [-0.4, -0.2) is 131 Å². The monoisotopic (exact) mass is 1760 g/mol. The van der Waals surface area contributed by atoms with Crippen molar-refractivity contribution in [3.05, 3.63) is 511 Å². The van der Waals surface area contributed by atoms with Crippen molar-refractivity contribution in [2.75, 3.05) is 14.2 Å². The molecule has 3 radical (unpaired) electrons. The summed E-state index contributed by atoms with van der Waals surface area (Å²) in [6, 6.07) is 116. The van der Waals surface area contributed by atoms with Gasteiger partial charge in [0, 0.05) is 119 Å². The van der Waals surface area contributed by atoms with Gasteiger partial charge < -0.3 is 40.1 Å². The Morgan fingerprint density at radius 1 is 0.391 bits per heavy atom. The Kier molecular flexibility index (Phi) is 36.0. The van der Waals surface area contributed by atoms with E-state index < -0.39 is 23.2 Å². The summed E-state index contributed by atoms with van der Waals surface area (Å²) in [7, 11) is 2.00. The molecule has 3 atom stereocenters. The molecule has 8 aromatic heterocycles. The molecule has 0 fully saturated rings. The summed E-state index contributed by atoms with van der Waals surface area (Å²) in [5.74, 6) is -0.659. The molecule has 21 nitrogen and oxygen atoms in total. The second-order valence-corrected chi connectivity index (χ2v) is 29.9. The number of ketones is 3. The van der Waals surface area contributed by atoms with E-state index in [1.165, 1.54) is 0 Å². The van der Waals surface area contributed by atoms with E-state index in [-0.39, 0.29) is 68.8 Å². The fourth-order valence-electron chi connectivity index (χ4n) is 16.2. The molecule has 20 rings (SSSR count). The minimum absolute atomic E-state index is 0. The Labute approximate surface area is 798 Å². The van der Waals surface area contributed by atoms with Crippen LogP contribution in [0.15, 0.2) is 433 Å². The zero-order chi connectivity index (χ0) is 91.7. The number of imidazole rings is 4. The van der Waals surface area contributed by atoms with Crippen LogP contribution in [0, 0.1) is 0 Å². The average molecular weight is 1760 g/mol. The third-order valence-corrected chi connectivity index (χ3v) is 22.0. The van der Waals surface area contributed by atoms with Crippen LogP contribution in [0.2, 0.25) is 0 Å². The van der Waals surface area contributed by atoms with E-state index in [9.17, 15) is 24.3 Å². The molecule has 0 amide bonds. The molecule has 10 aromatic carbocycles. The zero-order valence-corrected chi connectivity index (χ0v) is 76.1. The number of carboxylic acids is 1. The van der Waals surface area contributed by atoms with Gasteiger partial charge in [-0.3, -0.25) is 43.9 Å². The third-order valence-electron chi connectivity index (χ3n) is 22.0. The quantitative estimate of drug-likeness (QED) is 0.0171. The van der Waals surface area contributed by atoms with Crippen molar-refractivity contribution in [2.24, 2.45) is 0 Å². The fourth-order valence-corrected chi connectivity index (χ4v) is 16.2. The number of Topliss-reactive ketones (excluding diaryl/α,β-unsaturated/α-hetero) is 2. The van der Waals surface area contributed by atoms with Crippen LogP contribution >= 0.6 is 0 Å². The van der Waals surface area contributed by atoms with E-state index in [2.05, 4.69) is 201 Å². The summed E-state index contributed by atoms with van der Waals surface area (Å²) in [5, 5.41) is 31.9. The number of allylic oxidation sites excluding steroid dienone is 1. The predicted octanol–water partition coefficient (Wildman–Crippen LogP) is 17.3. The van der Waals surface area contributed by atoms with Gasteiger partial charge in [0.25, 0.3) is 5.97 Å². The molecular formula is C110H97BN12NaO9. The van der Waals surface area contributed by atoms with Gasteiger partial charge in [-0.25, -0.2) is 19.9 Å². The van der Waals surface area contributed by atoms with Crippen molar-refractivity contribution in [3.8, 4) is 45.0 Å². The average Bonchev–Trinajstić information content (AvgIpc) is 1.67. The summed E-state index contributed by atoms with van der Waals surface area (Å²) >= 11 is 0. The first-order chi connectivity index (χ1) is 64.3. The van der Waals surface area contributed by atoms with E-state index in [0.717, 1.165) is 123 Å². The molecule has 2 aliphatic rings. The molecule has 0 bridgehead atoms. The van der Waals surface area contributed by atoms with Gasteiger partial charge in [-0.15, -0.1) is 0 Å². The molecule has 133 heavy (non-hydrogen) atoms. The van der Waals surface area contributed by atoms with Gasteiger partial charge in [0.1, 0.15) is 16.8 Å². The standard InChI is InChI=1S/C36H27N3O.C28H21N3O.C17H15N3O.C17H13N3O.C8H8O.C2H4O2.2CH4O.B.Na.H/c40-35(28-14-5-1-6-15-28)24-23-33-32(22-13-25-37-33)34-26-39(27-38-34)36(29-16-7-2-8-17-29,30-18-9-3-10-19-30)31-20-11-4-12-21-31;32-20-27-25(17-10-18-29-27)26-19-31(21-30-26)28(22-11-4-1-5-12-22,23-13-6-2-7-14-23)24-15-8-3-9-16-24;2*21-16(12-5-2-1-3-6-12)9-14-17-13(7-4-8-19-17)15-10-18-11-20(14)15;1-7(9)8-5-3-2-4-6-8;1-2(3)4;2*1-2;;;/h1-27H;1-21H;1-8,10-11,14,16,21H,9H2;1-8,10-11,14H,9H2;2-6H,1H3;1H3,(H,3,4);2*2H,1H3;;;/q;;;;;;;;;+1;-1/b24-23+;;;;;;;;;;. The topological polar surface area (TPSA) is 289 Å². The normalized spacial score (nSPS) is 12.2. The fraction of sp³-hybridized carbons (Fsp3) is 0.100. The minimum Gasteiger partial charge on any atom is -1.00 e. The molecule has 4 N–H and O–H groups in total. The number of hydrogen-bond acceptors (Lipinski definition) is 16. The Hall–Kier alpha value is -15.5. The Morgan fingerprint density at radius 3 is 1.08 bits per heavy atom. The molecule has 0 saturated carbocycles. The molecule has 2 aliphatic heterocycles. The van der Waals surface area contributed by atoms with Crippen molar-refractivity contribution >= 4 is 44.1 Å². The number of aliphatic hydroxyl groups is 3. The number of benzene rings is 10. The van der Waals surface area contributed by atoms with Crippen molar-refractivity contribution in [1.29, 1.82) is 0 Å². The van der Waals surface area contributed by atoms with E-state index >= 15 is 0 Å². The number of aromatic nitrogens is 12. The third kappa shape index (κ3) is 23.0. The van der Waals surface area contributed by atoms with Gasteiger partial charge in [-0.2, -0.15) is 0 Å². The maximum Gasteiger partial charge on any atom is 1.00 e. The van der Waals surface area contributed by atoms with Crippen LogP contribution in [0.1, 0.15) is 144 Å². The van der Waals surface area contributed by atoms with Crippen LogP contribution in [0.5, 0.6) is 0 Å². The van der Waals surface area contributed by atoms with Crippen LogP contribution in [0.3, 0.4) is 0 Å². The predicted molar refractivity (Wildman–Crippen MR) is 517 cm³/mol. The Bertz CT molecular complexity index is 6540. The second kappa shape index (κ2) is 48.8. The summed E-state index contributed by atoms with van der Waals surface area (Å²) in [6.07, 6.45) is 26.6. The smallest absolute Gasteiger partial charge is 1.00 e. The van der Waals surface area contributed by atoms with Gasteiger partial charge in [-0.05, 0) is 107 Å². The molecule has 0 spiro atoms. The largest absolute Gasteiger partial charge is 1.00 e. The van der Waals surface area contributed by atoms with Crippen molar-refractivity contribution in [3.63, 3.8) is 0 Å². The molecule has 0 aliphatic carbocycles. The zero-order valence-electron chi connectivity index (χ0n) is 75.1. The van der Waals surface area contributed by atoms with Gasteiger partial charge in [0.15, 0.2) is 23.6 Å². The molecule has 10 heterocycles. The number of nitrogens with zero attached hydrogens (tertiary/aromatic N) is 12. The first kappa shape index (κ1) is 98.1. The Morgan fingerprint density at radius 2 is 0.707 bits per heavy atom. The van der Waals surface area contributed by atoms with Crippen molar-refractivity contribution < 1.29 is 75.4 Å². The van der Waals surface area contributed by atoms with E-state index in [0.29, 0.717) is 41.1 Å². The first-order valence-electron chi connectivity index (χ1n) is 42.3. The van der Waals surface area contributed by atoms with Crippen LogP contribution < -0.4 is 29.6 Å².